The van der Waals surface area contributed by atoms with Crippen molar-refractivity contribution in [2.75, 3.05) is 0 Å². The summed E-state index contributed by atoms with van der Waals surface area (Å²) in [5.74, 6) is 1.44. The molecule has 0 radical (unpaired) electrons. The van der Waals surface area contributed by atoms with E-state index in [4.69, 9.17) is 23.2 Å². The molecule has 3 aromatic carbocycles. The third-order valence-corrected chi connectivity index (χ3v) is 7.91. The van der Waals surface area contributed by atoms with Crippen molar-refractivity contribution in [2.24, 2.45) is 20.0 Å². The Labute approximate surface area is 224 Å². The Morgan fingerprint density at radius 1 is 0.946 bits per heavy atom. The molecule has 1 aliphatic rings. The quantitative estimate of drug-likeness (QED) is 0.263. The Morgan fingerprint density at radius 3 is 2.38 bits per heavy atom. The van der Waals surface area contributed by atoms with Gasteiger partial charge in [0.05, 0.1) is 16.6 Å². The Hall–Kier alpha value is -3.48. The van der Waals surface area contributed by atoms with Crippen LogP contribution in [0.4, 0.5) is 0 Å². The first kappa shape index (κ1) is 23.9. The van der Waals surface area contributed by atoms with Crippen LogP contribution in [0.2, 0.25) is 10.0 Å². The number of benzene rings is 3. The van der Waals surface area contributed by atoms with Crippen LogP contribution in [0.15, 0.2) is 77.9 Å². The molecule has 1 atom stereocenters. The van der Waals surface area contributed by atoms with E-state index in [0.717, 1.165) is 39.8 Å². The predicted molar refractivity (Wildman–Crippen MR) is 147 cm³/mol. The molecule has 1 saturated carbocycles. The average molecular weight is 530 g/mol. The first-order valence-corrected chi connectivity index (χ1v) is 13.0. The molecule has 0 saturated heterocycles. The van der Waals surface area contributed by atoms with Gasteiger partial charge in [0.2, 0.25) is 0 Å². The van der Waals surface area contributed by atoms with E-state index in [1.165, 1.54) is 12.8 Å². The highest BCUT2D eigenvalue weighted by molar-refractivity contribution is 6.31. The minimum absolute atomic E-state index is 0.314. The minimum atomic E-state index is -0.564. The molecule has 0 aliphatic heterocycles. The van der Waals surface area contributed by atoms with E-state index in [1.807, 2.05) is 54.1 Å². The van der Waals surface area contributed by atoms with Gasteiger partial charge in [-0.1, -0.05) is 66.4 Å². The van der Waals surface area contributed by atoms with E-state index in [-0.39, 0.29) is 5.69 Å². The number of hydrogen-bond donors (Lipinski definition) is 0. The van der Waals surface area contributed by atoms with Gasteiger partial charge in [-0.15, -0.1) is 10.2 Å². The van der Waals surface area contributed by atoms with Gasteiger partial charge < -0.3 is 4.57 Å². The summed E-state index contributed by atoms with van der Waals surface area (Å²) >= 11 is 12.6. The molecule has 6 nitrogen and oxygen atoms in total. The second-order valence-electron chi connectivity index (χ2n) is 9.87. The van der Waals surface area contributed by atoms with Crippen LogP contribution in [0.25, 0.3) is 22.2 Å². The maximum Gasteiger partial charge on any atom is 0.348 e. The van der Waals surface area contributed by atoms with Gasteiger partial charge >= 0.3 is 5.69 Å². The highest BCUT2D eigenvalue weighted by atomic mass is 35.5. The monoisotopic (exact) mass is 529 g/mol. The first-order chi connectivity index (χ1) is 17.9. The molecule has 6 rings (SSSR count). The molecule has 2 aromatic heterocycles. The zero-order valence-corrected chi connectivity index (χ0v) is 22.0. The van der Waals surface area contributed by atoms with Crippen LogP contribution in [0.5, 0.6) is 0 Å². The summed E-state index contributed by atoms with van der Waals surface area (Å²) in [7, 11) is 3.73. The van der Waals surface area contributed by atoms with Gasteiger partial charge in [-0.05, 0) is 59.9 Å². The second kappa shape index (κ2) is 9.12. The van der Waals surface area contributed by atoms with Crippen LogP contribution >= 0.6 is 23.2 Å². The molecule has 186 valence electrons. The van der Waals surface area contributed by atoms with Gasteiger partial charge in [0.1, 0.15) is 12.2 Å². The predicted octanol–water partition coefficient (Wildman–Crippen LogP) is 6.17. The van der Waals surface area contributed by atoms with Crippen molar-refractivity contribution in [3.8, 4) is 11.3 Å². The molecule has 0 N–H and O–H groups in total. The SMILES string of the molecule is Cn1cnnc1C(CC1CC1)(c1ccc(Cl)cc1)c1ccc2c(c1)c(-c1cccc(Cl)c1)nc(=O)n2C. The molecular weight excluding hydrogens is 505 g/mol. The number of halogens is 2. The van der Waals surface area contributed by atoms with Crippen molar-refractivity contribution in [1.29, 1.82) is 0 Å². The number of nitrogens with zero attached hydrogens (tertiary/aromatic N) is 5. The number of aryl methyl sites for hydroxylation is 2. The number of fused-ring (bicyclic) bond motifs is 1. The first-order valence-electron chi connectivity index (χ1n) is 12.2. The summed E-state index contributed by atoms with van der Waals surface area (Å²) in [5.41, 5.74) is 3.49. The normalized spacial score (nSPS) is 15.1. The molecule has 8 heteroatoms. The third-order valence-electron chi connectivity index (χ3n) is 7.42. The maximum atomic E-state index is 12.8. The third kappa shape index (κ3) is 4.14. The van der Waals surface area contributed by atoms with E-state index in [1.54, 1.807) is 17.9 Å². The van der Waals surface area contributed by atoms with E-state index in [2.05, 4.69) is 39.4 Å². The Kier molecular flexibility index (Phi) is 5.89. The van der Waals surface area contributed by atoms with Gasteiger partial charge in [-0.25, -0.2) is 4.79 Å². The van der Waals surface area contributed by atoms with Gasteiger partial charge in [-0.2, -0.15) is 4.98 Å². The molecule has 2 heterocycles. The highest BCUT2D eigenvalue weighted by Gasteiger charge is 2.44. The lowest BCUT2D eigenvalue weighted by atomic mass is 9.69. The summed E-state index contributed by atoms with van der Waals surface area (Å²) < 4.78 is 3.58. The van der Waals surface area contributed by atoms with E-state index >= 15 is 0 Å². The van der Waals surface area contributed by atoms with Crippen LogP contribution in [0, 0.1) is 5.92 Å². The van der Waals surface area contributed by atoms with Crippen molar-refractivity contribution in [2.45, 2.75) is 24.7 Å². The summed E-state index contributed by atoms with van der Waals surface area (Å²) in [4.78, 5) is 17.3. The molecule has 0 amide bonds. The molecule has 1 unspecified atom stereocenters. The standard InChI is InChI=1S/C29H25Cl2N5O/c1-35-17-32-34-27(35)29(16-18-6-7-18,20-8-11-22(30)12-9-20)21-10-13-25-24(15-21)26(33-28(37)36(25)2)19-4-3-5-23(31)14-19/h3-5,8-15,17-18H,6-7,16H2,1-2H3. The van der Waals surface area contributed by atoms with Crippen LogP contribution < -0.4 is 5.69 Å². The zero-order chi connectivity index (χ0) is 25.7. The molecular formula is C29H25Cl2N5O. The fourth-order valence-corrected chi connectivity index (χ4v) is 5.70. The molecule has 5 aromatic rings. The summed E-state index contributed by atoms with van der Waals surface area (Å²) in [5, 5.41) is 11.0. The molecule has 37 heavy (non-hydrogen) atoms. The molecule has 0 bridgehead atoms. The second-order valence-corrected chi connectivity index (χ2v) is 10.7. The van der Waals surface area contributed by atoms with Gasteiger partial charge in [0.25, 0.3) is 0 Å². The van der Waals surface area contributed by atoms with Gasteiger partial charge in [0.15, 0.2) is 0 Å². The number of hydrogen-bond acceptors (Lipinski definition) is 4. The Morgan fingerprint density at radius 2 is 1.70 bits per heavy atom. The largest absolute Gasteiger partial charge is 0.348 e. The lowest BCUT2D eigenvalue weighted by Crippen LogP contribution is -2.33. The topological polar surface area (TPSA) is 65.6 Å². The van der Waals surface area contributed by atoms with Crippen LogP contribution in [0.3, 0.4) is 0 Å². The summed E-state index contributed by atoms with van der Waals surface area (Å²) in [6, 6.07) is 21.8. The van der Waals surface area contributed by atoms with E-state index < -0.39 is 5.41 Å². The zero-order valence-electron chi connectivity index (χ0n) is 20.5. The van der Waals surface area contributed by atoms with Crippen molar-refractivity contribution < 1.29 is 0 Å². The Bertz CT molecular complexity index is 1690. The smallest absolute Gasteiger partial charge is 0.320 e. The van der Waals surface area contributed by atoms with Gasteiger partial charge in [0, 0.05) is 35.1 Å². The minimum Gasteiger partial charge on any atom is -0.320 e. The lowest BCUT2D eigenvalue weighted by molar-refractivity contribution is 0.475. The van der Waals surface area contributed by atoms with Crippen LogP contribution in [-0.4, -0.2) is 24.3 Å². The lowest BCUT2D eigenvalue weighted by Gasteiger charge is -2.35. The van der Waals surface area contributed by atoms with Crippen molar-refractivity contribution in [3.05, 3.63) is 111 Å². The molecule has 1 aliphatic carbocycles. The molecule has 1 fully saturated rings. The van der Waals surface area contributed by atoms with Crippen LogP contribution in [0.1, 0.15) is 36.2 Å². The highest BCUT2D eigenvalue weighted by Crippen LogP contribution is 2.49. The fourth-order valence-electron chi connectivity index (χ4n) is 5.38. The fraction of sp³-hybridized carbons (Fsp3) is 0.241. The van der Waals surface area contributed by atoms with Crippen LogP contribution in [-0.2, 0) is 19.5 Å². The van der Waals surface area contributed by atoms with E-state index in [9.17, 15) is 4.79 Å². The van der Waals surface area contributed by atoms with Crippen molar-refractivity contribution >= 4 is 34.1 Å². The number of aromatic nitrogens is 5. The van der Waals surface area contributed by atoms with Crippen molar-refractivity contribution in [1.82, 2.24) is 24.3 Å². The maximum absolute atomic E-state index is 12.8. The van der Waals surface area contributed by atoms with Gasteiger partial charge in [-0.3, -0.25) is 4.57 Å². The average Bonchev–Trinajstić information content (AvgIpc) is 3.61. The number of rotatable bonds is 6. The summed E-state index contributed by atoms with van der Waals surface area (Å²) in [6.45, 7) is 0. The van der Waals surface area contributed by atoms with Crippen molar-refractivity contribution in [3.63, 3.8) is 0 Å². The Balaban J connectivity index is 1.69. The molecule has 0 spiro atoms. The summed E-state index contributed by atoms with van der Waals surface area (Å²) in [6.07, 6.45) is 5.00. The van der Waals surface area contributed by atoms with E-state index in [0.29, 0.717) is 21.7 Å².